The molecule has 2 aromatic carbocycles. The topological polar surface area (TPSA) is 112 Å². The Bertz CT molecular complexity index is 656. The highest BCUT2D eigenvalue weighted by Crippen LogP contribution is 2.09. The smallest absolute Gasteiger partial charge is 0.338 e. The number of hydrogen-bond donors (Lipinski definition) is 2. The van der Waals surface area contributed by atoms with Crippen molar-refractivity contribution < 1.29 is 38.7 Å². The van der Waals surface area contributed by atoms with Crippen molar-refractivity contribution in [3.05, 3.63) is 60.7 Å². The van der Waals surface area contributed by atoms with E-state index in [-0.39, 0.29) is 26.4 Å². The number of benzene rings is 2. The molecule has 0 saturated carbocycles. The maximum absolute atomic E-state index is 11.7. The predicted molar refractivity (Wildman–Crippen MR) is 97.8 cm³/mol. The zero-order chi connectivity index (χ0) is 20.2. The van der Waals surface area contributed by atoms with Gasteiger partial charge in [0.25, 0.3) is 0 Å². The molecule has 0 aliphatic carbocycles. The van der Waals surface area contributed by atoms with Gasteiger partial charge in [-0.2, -0.15) is 0 Å². The van der Waals surface area contributed by atoms with E-state index in [4.69, 9.17) is 18.9 Å². The molecule has 2 atom stereocenters. The van der Waals surface area contributed by atoms with Gasteiger partial charge in [0.05, 0.1) is 0 Å². The molecule has 0 bridgehead atoms. The number of carbonyl (C=O) groups excluding carboxylic acids is 2. The molecule has 0 spiro atoms. The number of aliphatic hydroxyl groups is 2. The lowest BCUT2D eigenvalue weighted by atomic mass is 10.2. The number of ether oxygens (including phenoxy) is 4. The van der Waals surface area contributed by atoms with Crippen molar-refractivity contribution in [1.82, 2.24) is 0 Å². The Hall–Kier alpha value is -3.10. The second-order valence-corrected chi connectivity index (χ2v) is 5.55. The summed E-state index contributed by atoms with van der Waals surface area (Å²) in [5.74, 6) is -1.11. The summed E-state index contributed by atoms with van der Waals surface area (Å²) >= 11 is 0. The molecule has 2 rings (SSSR count). The molecule has 0 heterocycles. The Balaban J connectivity index is 1.62. The average molecular weight is 390 g/mol. The molecule has 0 unspecified atom stereocenters. The Morgan fingerprint density at radius 2 is 1.00 bits per heavy atom. The summed E-state index contributed by atoms with van der Waals surface area (Å²) in [6.07, 6.45) is -4.11. The standard InChI is InChI=1S/C20H22O8/c21-17(19(23)27-13-11-25-15-7-3-1-4-8-15)18(22)20(24)28-14-12-26-16-9-5-2-6-10-16/h1-10,17-18,21-22H,11-14H2/t17-,18-/m1/s1. The summed E-state index contributed by atoms with van der Waals surface area (Å²) in [5, 5.41) is 19.4. The van der Waals surface area contributed by atoms with Crippen LogP contribution in [0, 0.1) is 0 Å². The monoisotopic (exact) mass is 390 g/mol. The van der Waals surface area contributed by atoms with Crippen molar-refractivity contribution in [2.75, 3.05) is 26.4 Å². The van der Waals surface area contributed by atoms with E-state index in [2.05, 4.69) is 0 Å². The van der Waals surface area contributed by atoms with E-state index in [1.54, 1.807) is 48.5 Å². The SMILES string of the molecule is O=C(OCCOc1ccccc1)[C@H](O)[C@@H](O)C(=O)OCCOc1ccccc1. The molecular formula is C20H22O8. The van der Waals surface area contributed by atoms with Gasteiger partial charge in [0, 0.05) is 0 Å². The Labute approximate surface area is 162 Å². The van der Waals surface area contributed by atoms with Crippen LogP contribution in [0.5, 0.6) is 11.5 Å². The van der Waals surface area contributed by atoms with Crippen LogP contribution < -0.4 is 9.47 Å². The third kappa shape index (κ3) is 7.26. The van der Waals surface area contributed by atoms with Gasteiger partial charge < -0.3 is 29.2 Å². The lowest BCUT2D eigenvalue weighted by Gasteiger charge is -2.16. The summed E-state index contributed by atoms with van der Waals surface area (Å²) in [6.45, 7) is -0.200. The summed E-state index contributed by atoms with van der Waals surface area (Å²) < 4.78 is 20.2. The molecule has 0 aromatic heterocycles. The minimum Gasteiger partial charge on any atom is -0.490 e. The number of rotatable bonds is 11. The van der Waals surface area contributed by atoms with Gasteiger partial charge >= 0.3 is 11.9 Å². The first-order valence-electron chi connectivity index (χ1n) is 8.63. The second kappa shape index (κ2) is 11.6. The summed E-state index contributed by atoms with van der Waals surface area (Å²) in [6, 6.07) is 17.8. The Morgan fingerprint density at radius 3 is 1.36 bits per heavy atom. The number of carbonyl (C=O) groups is 2. The minimum absolute atomic E-state index is 0.0554. The number of esters is 2. The third-order valence-corrected chi connectivity index (χ3v) is 3.46. The highest BCUT2D eigenvalue weighted by Gasteiger charge is 2.32. The van der Waals surface area contributed by atoms with Crippen LogP contribution in [0.4, 0.5) is 0 Å². The fraction of sp³-hybridized carbons (Fsp3) is 0.300. The first kappa shape index (κ1) is 21.2. The maximum Gasteiger partial charge on any atom is 0.338 e. The van der Waals surface area contributed by atoms with Gasteiger partial charge in [-0.05, 0) is 24.3 Å². The molecule has 0 amide bonds. The van der Waals surface area contributed by atoms with Crippen LogP contribution in [0.3, 0.4) is 0 Å². The molecular weight excluding hydrogens is 368 g/mol. The summed E-state index contributed by atoms with van der Waals surface area (Å²) in [5.41, 5.74) is 0. The fourth-order valence-electron chi connectivity index (χ4n) is 2.07. The van der Waals surface area contributed by atoms with Crippen LogP contribution in [0.25, 0.3) is 0 Å². The van der Waals surface area contributed by atoms with Gasteiger partial charge in [-0.3, -0.25) is 0 Å². The first-order valence-corrected chi connectivity index (χ1v) is 8.63. The van der Waals surface area contributed by atoms with Crippen LogP contribution >= 0.6 is 0 Å². The van der Waals surface area contributed by atoms with E-state index in [1.165, 1.54) is 0 Å². The second-order valence-electron chi connectivity index (χ2n) is 5.55. The zero-order valence-corrected chi connectivity index (χ0v) is 15.1. The highest BCUT2D eigenvalue weighted by molar-refractivity contribution is 5.85. The molecule has 8 nitrogen and oxygen atoms in total. The largest absolute Gasteiger partial charge is 0.490 e. The van der Waals surface area contributed by atoms with Gasteiger partial charge in [0.15, 0.2) is 12.2 Å². The molecule has 8 heteroatoms. The molecule has 2 aromatic rings. The normalized spacial score (nSPS) is 12.5. The van der Waals surface area contributed by atoms with Crippen molar-refractivity contribution in [1.29, 1.82) is 0 Å². The molecule has 0 aliphatic rings. The van der Waals surface area contributed by atoms with Crippen LogP contribution in [-0.4, -0.2) is 60.8 Å². The van der Waals surface area contributed by atoms with Crippen molar-refractivity contribution in [2.24, 2.45) is 0 Å². The molecule has 28 heavy (non-hydrogen) atoms. The lowest BCUT2D eigenvalue weighted by molar-refractivity contribution is -0.173. The predicted octanol–water partition coefficient (Wildman–Crippen LogP) is 0.953. The van der Waals surface area contributed by atoms with Gasteiger partial charge in [0.1, 0.15) is 37.9 Å². The zero-order valence-electron chi connectivity index (χ0n) is 15.1. The summed E-state index contributed by atoms with van der Waals surface area (Å²) in [4.78, 5) is 23.4. The van der Waals surface area contributed by atoms with E-state index >= 15 is 0 Å². The summed E-state index contributed by atoms with van der Waals surface area (Å²) in [7, 11) is 0. The van der Waals surface area contributed by atoms with Crippen molar-refractivity contribution in [2.45, 2.75) is 12.2 Å². The van der Waals surface area contributed by atoms with E-state index in [0.29, 0.717) is 11.5 Å². The van der Waals surface area contributed by atoms with Gasteiger partial charge in [-0.15, -0.1) is 0 Å². The number of aliphatic hydroxyl groups excluding tert-OH is 2. The van der Waals surface area contributed by atoms with E-state index in [1.807, 2.05) is 12.1 Å². The molecule has 0 fully saturated rings. The minimum atomic E-state index is -2.06. The third-order valence-electron chi connectivity index (χ3n) is 3.46. The van der Waals surface area contributed by atoms with Crippen LogP contribution in [0.15, 0.2) is 60.7 Å². The van der Waals surface area contributed by atoms with Crippen molar-refractivity contribution in [3.63, 3.8) is 0 Å². The quantitative estimate of drug-likeness (QED) is 0.431. The van der Waals surface area contributed by atoms with E-state index < -0.39 is 24.1 Å². The Kier molecular flexibility index (Phi) is 8.77. The molecule has 0 saturated heterocycles. The molecule has 0 aliphatic heterocycles. The van der Waals surface area contributed by atoms with Crippen LogP contribution in [0.2, 0.25) is 0 Å². The van der Waals surface area contributed by atoms with Crippen LogP contribution in [0.1, 0.15) is 0 Å². The molecule has 2 N–H and O–H groups in total. The number of para-hydroxylation sites is 2. The van der Waals surface area contributed by atoms with Gasteiger partial charge in [-0.25, -0.2) is 9.59 Å². The Morgan fingerprint density at radius 1 is 0.643 bits per heavy atom. The average Bonchev–Trinajstić information content (AvgIpc) is 2.74. The lowest BCUT2D eigenvalue weighted by Crippen LogP contribution is -2.42. The molecule has 150 valence electrons. The number of hydrogen-bond acceptors (Lipinski definition) is 8. The van der Waals surface area contributed by atoms with Gasteiger partial charge in [0.2, 0.25) is 0 Å². The van der Waals surface area contributed by atoms with E-state index in [9.17, 15) is 19.8 Å². The van der Waals surface area contributed by atoms with Gasteiger partial charge in [-0.1, -0.05) is 36.4 Å². The first-order chi connectivity index (χ1) is 13.6. The maximum atomic E-state index is 11.7. The fourth-order valence-corrected chi connectivity index (χ4v) is 2.07. The molecule has 0 radical (unpaired) electrons. The highest BCUT2D eigenvalue weighted by atomic mass is 16.6. The van der Waals surface area contributed by atoms with Crippen molar-refractivity contribution >= 4 is 11.9 Å². The van der Waals surface area contributed by atoms with E-state index in [0.717, 1.165) is 0 Å². The van der Waals surface area contributed by atoms with Crippen molar-refractivity contribution in [3.8, 4) is 11.5 Å². The van der Waals surface area contributed by atoms with Crippen LogP contribution in [-0.2, 0) is 19.1 Å².